The molecule has 2 aliphatic rings. The summed E-state index contributed by atoms with van der Waals surface area (Å²) in [6.45, 7) is 4.15. The molecule has 0 atom stereocenters. The van der Waals surface area contributed by atoms with E-state index >= 15 is 0 Å². The number of aryl methyl sites for hydroxylation is 1. The van der Waals surface area contributed by atoms with Crippen molar-refractivity contribution >= 4 is 27.5 Å². The molecule has 0 aliphatic carbocycles. The number of benzene rings is 1. The van der Waals surface area contributed by atoms with E-state index < -0.39 is 15.9 Å². The Morgan fingerprint density at radius 2 is 1.90 bits per heavy atom. The zero-order chi connectivity index (χ0) is 22.1. The average Bonchev–Trinajstić information content (AvgIpc) is 3.43. The topological polar surface area (TPSA) is 88.8 Å². The minimum Gasteiger partial charge on any atom is -0.455 e. The molecule has 1 N–H and O–H groups in total. The third-order valence-corrected chi connectivity index (χ3v) is 8.49. The summed E-state index contributed by atoms with van der Waals surface area (Å²) in [4.78, 5) is 12.9. The van der Waals surface area contributed by atoms with Gasteiger partial charge in [-0.05, 0) is 50.3 Å². The fourth-order valence-electron chi connectivity index (χ4n) is 4.39. The standard InChI is InChI=1S/C22H27ClN2O5S/c1-16-20(31(27,28)25-9-2-3-10-25)14-19(30-16)21(26)24-15-22(7-11-29-12-8-22)17-5-4-6-18(23)13-17/h4-6,13-14H,2-3,7-12,15H2,1H3,(H,24,26). The average molecular weight is 467 g/mol. The second kappa shape index (κ2) is 8.94. The number of amides is 1. The van der Waals surface area contributed by atoms with Gasteiger partial charge in [0.2, 0.25) is 10.0 Å². The maximum Gasteiger partial charge on any atom is 0.287 e. The van der Waals surface area contributed by atoms with Crippen LogP contribution in [0.15, 0.2) is 39.6 Å². The Kier molecular flexibility index (Phi) is 6.44. The monoisotopic (exact) mass is 466 g/mol. The second-order valence-corrected chi connectivity index (χ2v) is 10.6. The van der Waals surface area contributed by atoms with Gasteiger partial charge in [-0.3, -0.25) is 4.79 Å². The van der Waals surface area contributed by atoms with Crippen LogP contribution >= 0.6 is 11.6 Å². The van der Waals surface area contributed by atoms with Gasteiger partial charge >= 0.3 is 0 Å². The van der Waals surface area contributed by atoms with Gasteiger partial charge in [0.1, 0.15) is 10.7 Å². The molecule has 3 heterocycles. The molecule has 1 aromatic carbocycles. The number of halogens is 1. The smallest absolute Gasteiger partial charge is 0.287 e. The van der Waals surface area contributed by atoms with Crippen molar-refractivity contribution in [3.8, 4) is 0 Å². The van der Waals surface area contributed by atoms with Gasteiger partial charge in [-0.1, -0.05) is 23.7 Å². The number of carbonyl (C=O) groups excluding carboxylic acids is 1. The first kappa shape index (κ1) is 22.3. The van der Waals surface area contributed by atoms with Crippen LogP contribution in [0.5, 0.6) is 0 Å². The number of furan rings is 1. The Bertz CT molecular complexity index is 1050. The first-order chi connectivity index (χ1) is 14.8. The molecule has 0 saturated carbocycles. The second-order valence-electron chi connectivity index (χ2n) is 8.23. The molecule has 2 aliphatic heterocycles. The molecule has 1 amide bonds. The highest BCUT2D eigenvalue weighted by molar-refractivity contribution is 7.89. The molecule has 9 heteroatoms. The van der Waals surface area contributed by atoms with Crippen molar-refractivity contribution in [2.24, 2.45) is 0 Å². The van der Waals surface area contributed by atoms with E-state index in [0.717, 1.165) is 31.2 Å². The summed E-state index contributed by atoms with van der Waals surface area (Å²) in [5.41, 5.74) is 0.752. The summed E-state index contributed by atoms with van der Waals surface area (Å²) in [5, 5.41) is 3.60. The van der Waals surface area contributed by atoms with Crippen LogP contribution in [-0.2, 0) is 20.2 Å². The Labute approximate surface area is 187 Å². The van der Waals surface area contributed by atoms with Crippen LogP contribution in [0.25, 0.3) is 0 Å². The Morgan fingerprint density at radius 1 is 1.19 bits per heavy atom. The Balaban J connectivity index is 1.52. The van der Waals surface area contributed by atoms with Crippen molar-refractivity contribution in [3.05, 3.63) is 52.4 Å². The summed E-state index contributed by atoms with van der Waals surface area (Å²) in [7, 11) is -3.65. The van der Waals surface area contributed by atoms with Crippen LogP contribution in [0, 0.1) is 6.92 Å². The SMILES string of the molecule is Cc1oc(C(=O)NCC2(c3cccc(Cl)c3)CCOCC2)cc1S(=O)(=O)N1CCCC1. The maximum absolute atomic E-state index is 12.9. The first-order valence-corrected chi connectivity index (χ1v) is 12.4. The van der Waals surface area contributed by atoms with Crippen LogP contribution < -0.4 is 5.32 Å². The third-order valence-electron chi connectivity index (χ3n) is 6.25. The predicted octanol–water partition coefficient (Wildman–Crippen LogP) is 3.50. The lowest BCUT2D eigenvalue weighted by Crippen LogP contribution is -2.44. The number of rotatable bonds is 6. The molecule has 0 bridgehead atoms. The van der Waals surface area contributed by atoms with E-state index in [1.165, 1.54) is 10.4 Å². The molecule has 31 heavy (non-hydrogen) atoms. The van der Waals surface area contributed by atoms with Gasteiger partial charge in [0, 0.05) is 49.4 Å². The molecule has 2 fully saturated rings. The van der Waals surface area contributed by atoms with Crippen molar-refractivity contribution in [2.75, 3.05) is 32.8 Å². The van der Waals surface area contributed by atoms with Crippen LogP contribution in [0.2, 0.25) is 5.02 Å². The maximum atomic E-state index is 12.9. The summed E-state index contributed by atoms with van der Waals surface area (Å²) in [5.74, 6) is -0.199. The number of nitrogens with one attached hydrogen (secondary N) is 1. The number of carbonyl (C=O) groups is 1. The number of hydrogen-bond acceptors (Lipinski definition) is 5. The van der Waals surface area contributed by atoms with E-state index in [1.807, 2.05) is 24.3 Å². The lowest BCUT2D eigenvalue weighted by molar-refractivity contribution is 0.0484. The molecular weight excluding hydrogens is 440 g/mol. The minimum atomic E-state index is -3.65. The number of hydrogen-bond donors (Lipinski definition) is 1. The minimum absolute atomic E-state index is 0.00331. The van der Waals surface area contributed by atoms with Crippen molar-refractivity contribution in [2.45, 2.75) is 42.9 Å². The van der Waals surface area contributed by atoms with E-state index in [1.54, 1.807) is 6.92 Å². The lowest BCUT2D eigenvalue weighted by Gasteiger charge is -2.38. The summed E-state index contributed by atoms with van der Waals surface area (Å²) in [6.07, 6.45) is 3.19. The van der Waals surface area contributed by atoms with Crippen molar-refractivity contribution in [3.63, 3.8) is 0 Å². The fourth-order valence-corrected chi connectivity index (χ4v) is 6.25. The van der Waals surface area contributed by atoms with E-state index in [9.17, 15) is 13.2 Å². The normalized spacial score (nSPS) is 19.4. The zero-order valence-electron chi connectivity index (χ0n) is 17.5. The zero-order valence-corrected chi connectivity index (χ0v) is 19.1. The molecule has 7 nitrogen and oxygen atoms in total. The van der Waals surface area contributed by atoms with E-state index in [-0.39, 0.29) is 21.8 Å². The number of ether oxygens (including phenoxy) is 1. The van der Waals surface area contributed by atoms with Gasteiger partial charge in [-0.15, -0.1) is 0 Å². The van der Waals surface area contributed by atoms with Gasteiger partial charge < -0.3 is 14.5 Å². The van der Waals surface area contributed by atoms with E-state index in [4.69, 9.17) is 20.8 Å². The highest BCUT2D eigenvalue weighted by atomic mass is 35.5. The molecule has 1 aromatic heterocycles. The quantitative estimate of drug-likeness (QED) is 0.703. The number of nitrogens with zero attached hydrogens (tertiary/aromatic N) is 1. The summed E-state index contributed by atoms with van der Waals surface area (Å²) < 4.78 is 38.3. The fraction of sp³-hybridized carbons (Fsp3) is 0.500. The van der Waals surface area contributed by atoms with Crippen molar-refractivity contribution < 1.29 is 22.4 Å². The van der Waals surface area contributed by atoms with Crippen molar-refractivity contribution in [1.82, 2.24) is 9.62 Å². The molecule has 4 rings (SSSR count). The lowest BCUT2D eigenvalue weighted by atomic mass is 9.74. The molecule has 0 unspecified atom stereocenters. The Hall–Kier alpha value is -1.87. The van der Waals surface area contributed by atoms with Gasteiger partial charge in [-0.25, -0.2) is 8.42 Å². The van der Waals surface area contributed by atoms with E-state index in [2.05, 4.69) is 5.32 Å². The van der Waals surface area contributed by atoms with Crippen LogP contribution in [0.1, 0.15) is 47.6 Å². The van der Waals surface area contributed by atoms with E-state index in [0.29, 0.717) is 37.9 Å². The molecular formula is C22H27ClN2O5S. The van der Waals surface area contributed by atoms with Gasteiger partial charge in [0.05, 0.1) is 0 Å². The van der Waals surface area contributed by atoms with Crippen molar-refractivity contribution in [1.29, 1.82) is 0 Å². The Morgan fingerprint density at radius 3 is 2.58 bits per heavy atom. The van der Waals surface area contributed by atoms with Crippen LogP contribution in [-0.4, -0.2) is 51.5 Å². The molecule has 0 radical (unpaired) electrons. The summed E-state index contributed by atoms with van der Waals surface area (Å²) >= 11 is 6.21. The van der Waals surface area contributed by atoms with Crippen LogP contribution in [0.3, 0.4) is 0 Å². The highest BCUT2D eigenvalue weighted by Gasteiger charge is 2.36. The molecule has 2 aromatic rings. The molecule has 0 spiro atoms. The van der Waals surface area contributed by atoms with Crippen LogP contribution in [0.4, 0.5) is 0 Å². The highest BCUT2D eigenvalue weighted by Crippen LogP contribution is 2.35. The molecule has 168 valence electrons. The first-order valence-electron chi connectivity index (χ1n) is 10.5. The third kappa shape index (κ3) is 4.53. The summed E-state index contributed by atoms with van der Waals surface area (Å²) in [6, 6.07) is 9.01. The van der Waals surface area contributed by atoms with Gasteiger partial charge in [0.15, 0.2) is 5.76 Å². The predicted molar refractivity (Wildman–Crippen MR) is 117 cm³/mol. The molecule has 2 saturated heterocycles. The largest absolute Gasteiger partial charge is 0.455 e. The van der Waals surface area contributed by atoms with Gasteiger partial charge in [-0.2, -0.15) is 4.31 Å². The van der Waals surface area contributed by atoms with Gasteiger partial charge in [0.25, 0.3) is 5.91 Å². The number of sulfonamides is 1.